The van der Waals surface area contributed by atoms with Crippen LogP contribution in [0.15, 0.2) is 53.0 Å². The van der Waals surface area contributed by atoms with E-state index < -0.39 is 0 Å². The average Bonchev–Trinajstić information content (AvgIpc) is 2.75. The molecule has 0 atom stereocenters. The normalized spacial score (nSPS) is 17.4. The number of aromatic nitrogens is 3. The van der Waals surface area contributed by atoms with E-state index in [9.17, 15) is 9.90 Å². The van der Waals surface area contributed by atoms with Gasteiger partial charge in [-0.1, -0.05) is 35.4 Å². The number of halogens is 1. The fourth-order valence-corrected chi connectivity index (χ4v) is 3.81. The number of allylic oxidation sites excluding steroid dienone is 4. The van der Waals surface area contributed by atoms with Gasteiger partial charge in [0, 0.05) is 51.0 Å². The fourth-order valence-electron chi connectivity index (χ4n) is 3.71. The van der Waals surface area contributed by atoms with Crippen LogP contribution in [-0.4, -0.2) is 50.9 Å². The average molecular weight is 414 g/mol. The van der Waals surface area contributed by atoms with Crippen LogP contribution >= 0.6 is 11.6 Å². The molecule has 0 radical (unpaired) electrons. The smallest absolute Gasteiger partial charge is 0.293 e. The third kappa shape index (κ3) is 4.68. The Morgan fingerprint density at radius 1 is 1.07 bits per heavy atom. The zero-order valence-electron chi connectivity index (χ0n) is 16.2. The van der Waals surface area contributed by atoms with Crippen molar-refractivity contribution in [3.63, 3.8) is 0 Å². The molecule has 0 spiro atoms. The van der Waals surface area contributed by atoms with E-state index in [0.29, 0.717) is 23.8 Å². The van der Waals surface area contributed by atoms with E-state index >= 15 is 0 Å². The highest BCUT2D eigenvalue weighted by molar-refractivity contribution is 6.29. The summed E-state index contributed by atoms with van der Waals surface area (Å²) in [5.74, 6) is 0.664. The van der Waals surface area contributed by atoms with E-state index in [2.05, 4.69) is 26.1 Å². The van der Waals surface area contributed by atoms with Crippen molar-refractivity contribution in [1.29, 1.82) is 0 Å². The molecule has 4 rings (SSSR count). The van der Waals surface area contributed by atoms with Gasteiger partial charge in [-0.3, -0.25) is 9.69 Å². The Morgan fingerprint density at radius 3 is 2.59 bits per heavy atom. The van der Waals surface area contributed by atoms with Crippen molar-refractivity contribution >= 4 is 17.4 Å². The minimum Gasteiger partial charge on any atom is -0.503 e. The largest absolute Gasteiger partial charge is 0.503 e. The van der Waals surface area contributed by atoms with Crippen molar-refractivity contribution in [2.24, 2.45) is 0 Å². The van der Waals surface area contributed by atoms with Crippen LogP contribution in [0.2, 0.25) is 5.15 Å². The van der Waals surface area contributed by atoms with Gasteiger partial charge >= 0.3 is 0 Å². The Kier molecular flexibility index (Phi) is 5.97. The molecule has 1 saturated heterocycles. The van der Waals surface area contributed by atoms with E-state index in [1.54, 1.807) is 16.8 Å². The Labute approximate surface area is 174 Å². The number of piperazine rings is 1. The molecule has 1 aliphatic carbocycles. The summed E-state index contributed by atoms with van der Waals surface area (Å²) in [6, 6.07) is 5.46. The van der Waals surface area contributed by atoms with Crippen molar-refractivity contribution in [2.45, 2.75) is 25.9 Å². The molecule has 1 aliphatic heterocycles. The van der Waals surface area contributed by atoms with Gasteiger partial charge in [-0.15, -0.1) is 10.2 Å². The topological polar surface area (TPSA) is 74.5 Å². The van der Waals surface area contributed by atoms with Crippen molar-refractivity contribution in [3.05, 3.63) is 69.3 Å². The predicted molar refractivity (Wildman–Crippen MR) is 113 cm³/mol. The number of hydrogen-bond acceptors (Lipinski definition) is 6. The van der Waals surface area contributed by atoms with Gasteiger partial charge in [-0.2, -0.15) is 0 Å². The van der Waals surface area contributed by atoms with Crippen molar-refractivity contribution in [1.82, 2.24) is 19.7 Å². The number of aromatic hydroxyl groups is 1. The molecule has 2 aromatic heterocycles. The molecule has 3 heterocycles. The molecule has 0 saturated carbocycles. The van der Waals surface area contributed by atoms with Gasteiger partial charge in [0.1, 0.15) is 0 Å². The first kappa shape index (κ1) is 19.7. The summed E-state index contributed by atoms with van der Waals surface area (Å²) in [4.78, 5) is 17.0. The fraction of sp³-hybridized carbons (Fsp3) is 0.381. The second-order valence-corrected chi connectivity index (χ2v) is 7.78. The summed E-state index contributed by atoms with van der Waals surface area (Å²) >= 11 is 5.80. The van der Waals surface area contributed by atoms with Crippen LogP contribution in [0.4, 0.5) is 5.82 Å². The predicted octanol–water partition coefficient (Wildman–Crippen LogP) is 2.60. The third-order valence-corrected chi connectivity index (χ3v) is 5.61. The lowest BCUT2D eigenvalue weighted by Gasteiger charge is -2.35. The summed E-state index contributed by atoms with van der Waals surface area (Å²) in [5.41, 5.74) is 1.54. The lowest BCUT2D eigenvalue weighted by Crippen LogP contribution is -2.46. The first-order chi connectivity index (χ1) is 14.1. The standard InChI is InChI=1S/C21H24ClN5O2/c22-18-6-7-19(24-23-18)26-12-10-25(11-13-26)15-17-8-9-27(21(29)20(17)28)14-16-4-2-1-3-5-16/h1-2,4,6-9,28H,3,5,10-15H2. The molecule has 0 bridgehead atoms. The van der Waals surface area contributed by atoms with Crippen LogP contribution in [0.3, 0.4) is 0 Å². The lowest BCUT2D eigenvalue weighted by molar-refractivity contribution is 0.245. The molecular weight excluding hydrogens is 390 g/mol. The highest BCUT2D eigenvalue weighted by atomic mass is 35.5. The van der Waals surface area contributed by atoms with Gasteiger partial charge in [0.15, 0.2) is 16.7 Å². The quantitative estimate of drug-likeness (QED) is 0.812. The zero-order valence-corrected chi connectivity index (χ0v) is 16.9. The van der Waals surface area contributed by atoms with E-state index in [1.165, 1.54) is 5.57 Å². The van der Waals surface area contributed by atoms with Crippen LogP contribution in [0.1, 0.15) is 18.4 Å². The minimum absolute atomic E-state index is 0.148. The SMILES string of the molecule is O=c1c(O)c(CN2CCN(c3ccc(Cl)nn3)CC2)ccn1CC1=CC=CCC1. The number of hydrogen-bond donors (Lipinski definition) is 1. The minimum atomic E-state index is -0.326. The maximum absolute atomic E-state index is 12.6. The van der Waals surface area contributed by atoms with Gasteiger partial charge < -0.3 is 14.6 Å². The van der Waals surface area contributed by atoms with Crippen molar-refractivity contribution in [2.75, 3.05) is 31.1 Å². The molecule has 0 amide bonds. The van der Waals surface area contributed by atoms with Gasteiger partial charge in [-0.25, -0.2) is 0 Å². The van der Waals surface area contributed by atoms with Gasteiger partial charge in [-0.05, 0) is 31.0 Å². The number of pyridine rings is 1. The third-order valence-electron chi connectivity index (χ3n) is 5.40. The molecular formula is C21H24ClN5O2. The summed E-state index contributed by atoms with van der Waals surface area (Å²) in [5, 5.41) is 18.9. The zero-order chi connectivity index (χ0) is 20.2. The summed E-state index contributed by atoms with van der Waals surface area (Å²) in [6.07, 6.45) is 9.92. The van der Waals surface area contributed by atoms with Gasteiger partial charge in [0.2, 0.25) is 0 Å². The number of nitrogens with zero attached hydrogens (tertiary/aromatic N) is 5. The van der Waals surface area contributed by atoms with Crippen LogP contribution in [0.25, 0.3) is 0 Å². The summed E-state index contributed by atoms with van der Waals surface area (Å²) < 4.78 is 1.58. The molecule has 0 unspecified atom stereocenters. The van der Waals surface area contributed by atoms with E-state index in [-0.39, 0.29) is 11.3 Å². The van der Waals surface area contributed by atoms with Gasteiger partial charge in [0.25, 0.3) is 5.56 Å². The second-order valence-electron chi connectivity index (χ2n) is 7.39. The van der Waals surface area contributed by atoms with Crippen LogP contribution in [0, 0.1) is 0 Å². The van der Waals surface area contributed by atoms with Crippen LogP contribution in [0.5, 0.6) is 5.75 Å². The first-order valence-corrected chi connectivity index (χ1v) is 10.2. The van der Waals surface area contributed by atoms with Crippen LogP contribution < -0.4 is 10.5 Å². The molecule has 7 nitrogen and oxygen atoms in total. The Hall–Kier alpha value is -2.64. The summed E-state index contributed by atoms with van der Waals surface area (Å²) in [6.45, 7) is 4.30. The van der Waals surface area contributed by atoms with Crippen molar-refractivity contribution < 1.29 is 5.11 Å². The molecule has 152 valence electrons. The van der Waals surface area contributed by atoms with Crippen molar-refractivity contribution in [3.8, 4) is 5.75 Å². The number of anilines is 1. The molecule has 29 heavy (non-hydrogen) atoms. The lowest BCUT2D eigenvalue weighted by atomic mass is 10.1. The second kappa shape index (κ2) is 8.80. The molecule has 8 heteroatoms. The van der Waals surface area contributed by atoms with E-state index in [1.807, 2.05) is 24.3 Å². The maximum atomic E-state index is 12.6. The van der Waals surface area contributed by atoms with Gasteiger partial charge in [0.05, 0.1) is 0 Å². The highest BCUT2D eigenvalue weighted by Crippen LogP contribution is 2.19. The Bertz CT molecular complexity index is 976. The molecule has 1 N–H and O–H groups in total. The Morgan fingerprint density at radius 2 is 1.90 bits per heavy atom. The first-order valence-electron chi connectivity index (χ1n) is 9.82. The molecule has 2 aliphatic rings. The molecule has 0 aromatic carbocycles. The van der Waals surface area contributed by atoms with E-state index in [0.717, 1.165) is 44.8 Å². The molecule has 1 fully saturated rings. The van der Waals surface area contributed by atoms with E-state index in [4.69, 9.17) is 11.6 Å². The monoisotopic (exact) mass is 413 g/mol. The Balaban J connectivity index is 1.38. The maximum Gasteiger partial charge on any atom is 0.293 e. The van der Waals surface area contributed by atoms with Crippen LogP contribution in [-0.2, 0) is 13.1 Å². The highest BCUT2D eigenvalue weighted by Gasteiger charge is 2.20. The number of rotatable bonds is 5. The summed E-state index contributed by atoms with van der Waals surface area (Å²) in [7, 11) is 0. The molecule has 2 aromatic rings.